The van der Waals surface area contributed by atoms with Gasteiger partial charge in [-0.25, -0.2) is 0 Å². The van der Waals surface area contributed by atoms with Crippen LogP contribution in [-0.2, 0) is 25.7 Å². The number of esters is 1. The van der Waals surface area contributed by atoms with Gasteiger partial charge in [0.1, 0.15) is 0 Å². The van der Waals surface area contributed by atoms with Crippen LogP contribution in [0.15, 0.2) is 30.3 Å². The molecule has 0 saturated carbocycles. The van der Waals surface area contributed by atoms with E-state index in [1.54, 1.807) is 18.9 Å². The first-order valence-corrected chi connectivity index (χ1v) is 7.63. The average Bonchev–Trinajstić information content (AvgIpc) is 2.52. The van der Waals surface area contributed by atoms with Crippen molar-refractivity contribution in [2.45, 2.75) is 26.8 Å². The first-order valence-electron chi connectivity index (χ1n) is 7.63. The van der Waals surface area contributed by atoms with E-state index in [1.165, 1.54) is 11.8 Å². The molecule has 0 heterocycles. The fourth-order valence-corrected chi connectivity index (χ4v) is 1.97. The molecule has 0 fully saturated rings. The molecule has 0 atom stereocenters. The molecule has 1 aromatic carbocycles. The SMILES string of the molecule is CCOC(=O)CCN(Cc1ccccc1)C(=O)CN(C)C(C)=O. The number of carbonyl (C=O) groups excluding carboxylic acids is 3. The van der Waals surface area contributed by atoms with Gasteiger partial charge in [0, 0.05) is 27.1 Å². The Labute approximate surface area is 137 Å². The summed E-state index contributed by atoms with van der Waals surface area (Å²) in [6, 6.07) is 9.52. The van der Waals surface area contributed by atoms with Crippen LogP contribution in [0.25, 0.3) is 0 Å². The van der Waals surface area contributed by atoms with Gasteiger partial charge in [-0.2, -0.15) is 0 Å². The summed E-state index contributed by atoms with van der Waals surface area (Å²) >= 11 is 0. The summed E-state index contributed by atoms with van der Waals surface area (Å²) in [7, 11) is 1.58. The lowest BCUT2D eigenvalue weighted by Gasteiger charge is -2.25. The predicted molar refractivity (Wildman–Crippen MR) is 86.4 cm³/mol. The van der Waals surface area contributed by atoms with Crippen molar-refractivity contribution in [3.05, 3.63) is 35.9 Å². The molecule has 126 valence electrons. The van der Waals surface area contributed by atoms with Crippen LogP contribution in [-0.4, -0.2) is 54.3 Å². The van der Waals surface area contributed by atoms with E-state index >= 15 is 0 Å². The Balaban J connectivity index is 2.72. The summed E-state index contributed by atoms with van der Waals surface area (Å²) in [6.07, 6.45) is 0.135. The second-order valence-corrected chi connectivity index (χ2v) is 5.23. The van der Waals surface area contributed by atoms with Crippen LogP contribution in [0.5, 0.6) is 0 Å². The lowest BCUT2D eigenvalue weighted by atomic mass is 10.2. The van der Waals surface area contributed by atoms with Crippen LogP contribution in [0.2, 0.25) is 0 Å². The Morgan fingerprint density at radius 2 is 1.78 bits per heavy atom. The highest BCUT2D eigenvalue weighted by Crippen LogP contribution is 2.07. The lowest BCUT2D eigenvalue weighted by Crippen LogP contribution is -2.41. The van der Waals surface area contributed by atoms with E-state index in [4.69, 9.17) is 4.74 Å². The molecule has 6 heteroatoms. The zero-order chi connectivity index (χ0) is 17.2. The maximum atomic E-state index is 12.4. The summed E-state index contributed by atoms with van der Waals surface area (Å²) in [6.45, 7) is 4.12. The van der Waals surface area contributed by atoms with E-state index < -0.39 is 0 Å². The molecule has 0 bridgehead atoms. The Morgan fingerprint density at radius 1 is 1.13 bits per heavy atom. The highest BCUT2D eigenvalue weighted by atomic mass is 16.5. The number of hydrogen-bond donors (Lipinski definition) is 0. The normalized spacial score (nSPS) is 10.0. The van der Waals surface area contributed by atoms with E-state index in [2.05, 4.69) is 0 Å². The van der Waals surface area contributed by atoms with Crippen molar-refractivity contribution in [1.82, 2.24) is 9.80 Å². The maximum absolute atomic E-state index is 12.4. The van der Waals surface area contributed by atoms with Gasteiger partial charge in [0.2, 0.25) is 11.8 Å². The van der Waals surface area contributed by atoms with Gasteiger partial charge in [-0.1, -0.05) is 30.3 Å². The summed E-state index contributed by atoms with van der Waals surface area (Å²) < 4.78 is 4.90. The second kappa shape index (κ2) is 9.61. The molecule has 0 unspecified atom stereocenters. The molecule has 0 saturated heterocycles. The third-order valence-electron chi connectivity index (χ3n) is 3.37. The molecule has 0 aromatic heterocycles. The molecule has 0 aliphatic rings. The molecule has 1 rings (SSSR count). The highest BCUT2D eigenvalue weighted by Gasteiger charge is 2.18. The van der Waals surface area contributed by atoms with Crippen molar-refractivity contribution in [3.8, 4) is 0 Å². The summed E-state index contributed by atoms with van der Waals surface area (Å²) in [4.78, 5) is 38.2. The van der Waals surface area contributed by atoms with Crippen molar-refractivity contribution in [2.24, 2.45) is 0 Å². The minimum atomic E-state index is -0.335. The summed E-state index contributed by atoms with van der Waals surface area (Å²) in [5.41, 5.74) is 0.968. The largest absolute Gasteiger partial charge is 0.466 e. The van der Waals surface area contributed by atoms with Gasteiger partial charge in [-0.15, -0.1) is 0 Å². The minimum absolute atomic E-state index is 0.00894. The maximum Gasteiger partial charge on any atom is 0.307 e. The highest BCUT2D eigenvalue weighted by molar-refractivity contribution is 5.84. The van der Waals surface area contributed by atoms with Crippen molar-refractivity contribution in [2.75, 3.05) is 26.7 Å². The third kappa shape index (κ3) is 6.95. The van der Waals surface area contributed by atoms with Gasteiger partial charge in [0.25, 0.3) is 0 Å². The lowest BCUT2D eigenvalue weighted by molar-refractivity contribution is -0.145. The molecule has 23 heavy (non-hydrogen) atoms. The molecule has 0 aliphatic carbocycles. The van der Waals surface area contributed by atoms with Gasteiger partial charge in [-0.05, 0) is 12.5 Å². The van der Waals surface area contributed by atoms with Crippen LogP contribution >= 0.6 is 0 Å². The summed E-state index contributed by atoms with van der Waals surface area (Å²) in [5.74, 6) is -0.711. The van der Waals surface area contributed by atoms with E-state index in [-0.39, 0.29) is 37.3 Å². The number of ether oxygens (including phenoxy) is 1. The Hall–Kier alpha value is -2.37. The van der Waals surface area contributed by atoms with Gasteiger partial charge in [0.05, 0.1) is 19.6 Å². The van der Waals surface area contributed by atoms with Crippen LogP contribution in [0, 0.1) is 0 Å². The Morgan fingerprint density at radius 3 is 2.35 bits per heavy atom. The monoisotopic (exact) mass is 320 g/mol. The fraction of sp³-hybridized carbons (Fsp3) is 0.471. The second-order valence-electron chi connectivity index (χ2n) is 5.23. The van der Waals surface area contributed by atoms with Crippen LogP contribution in [0.1, 0.15) is 25.8 Å². The van der Waals surface area contributed by atoms with E-state index in [0.29, 0.717) is 13.2 Å². The molecule has 2 amide bonds. The number of hydrogen-bond acceptors (Lipinski definition) is 4. The smallest absolute Gasteiger partial charge is 0.307 e. The van der Waals surface area contributed by atoms with Gasteiger partial charge < -0.3 is 14.5 Å². The average molecular weight is 320 g/mol. The molecule has 0 aliphatic heterocycles. The number of amides is 2. The van der Waals surface area contributed by atoms with E-state index in [0.717, 1.165) is 5.56 Å². The molecule has 0 spiro atoms. The molecule has 1 aromatic rings. The minimum Gasteiger partial charge on any atom is -0.466 e. The molecule has 6 nitrogen and oxygen atoms in total. The number of likely N-dealkylation sites (N-methyl/N-ethyl adjacent to an activating group) is 1. The number of nitrogens with zero attached hydrogens (tertiary/aromatic N) is 2. The fourth-order valence-electron chi connectivity index (χ4n) is 1.97. The van der Waals surface area contributed by atoms with Crippen LogP contribution in [0.3, 0.4) is 0 Å². The quantitative estimate of drug-likeness (QED) is 0.680. The van der Waals surface area contributed by atoms with Crippen molar-refractivity contribution >= 4 is 17.8 Å². The van der Waals surface area contributed by atoms with Gasteiger partial charge >= 0.3 is 5.97 Å². The van der Waals surface area contributed by atoms with Crippen LogP contribution < -0.4 is 0 Å². The molecular weight excluding hydrogens is 296 g/mol. The first-order chi connectivity index (χ1) is 10.9. The summed E-state index contributed by atoms with van der Waals surface area (Å²) in [5, 5.41) is 0. The van der Waals surface area contributed by atoms with Gasteiger partial charge in [0.15, 0.2) is 0 Å². The standard InChI is InChI=1S/C17H24N2O4/c1-4-23-17(22)10-11-19(12-15-8-6-5-7-9-15)16(21)13-18(3)14(2)20/h5-9H,4,10-13H2,1-3H3. The molecule has 0 N–H and O–H groups in total. The first kappa shape index (κ1) is 18.7. The number of carbonyl (C=O) groups is 3. The zero-order valence-electron chi connectivity index (χ0n) is 13.9. The molecular formula is C17H24N2O4. The van der Waals surface area contributed by atoms with Crippen molar-refractivity contribution in [3.63, 3.8) is 0 Å². The molecule has 0 radical (unpaired) electrons. The van der Waals surface area contributed by atoms with Crippen molar-refractivity contribution in [1.29, 1.82) is 0 Å². The zero-order valence-corrected chi connectivity index (χ0v) is 13.9. The van der Waals surface area contributed by atoms with Crippen molar-refractivity contribution < 1.29 is 19.1 Å². The topological polar surface area (TPSA) is 66.9 Å². The number of benzene rings is 1. The van der Waals surface area contributed by atoms with Crippen LogP contribution in [0.4, 0.5) is 0 Å². The Bertz CT molecular complexity index is 531. The number of rotatable bonds is 8. The van der Waals surface area contributed by atoms with E-state index in [1.807, 2.05) is 30.3 Å². The predicted octanol–water partition coefficient (Wildman–Crippen LogP) is 1.45. The van der Waals surface area contributed by atoms with E-state index in [9.17, 15) is 14.4 Å². The van der Waals surface area contributed by atoms with Gasteiger partial charge in [-0.3, -0.25) is 14.4 Å². The Kier molecular flexibility index (Phi) is 7.80. The third-order valence-corrected chi connectivity index (χ3v) is 3.37.